The van der Waals surface area contributed by atoms with Crippen LogP contribution in [0.25, 0.3) is 4.91 Å². The fourth-order valence-electron chi connectivity index (χ4n) is 3.07. The standard InChI is InChI=1S/C20H22N2O3S/c1-15(2)22-20(23)18(21-14-13-16-9-5-3-6-10-16)19(26(22,24)25)17-11-7-4-8-12-17/h3-12,15,21H,13-14H2,1-2H3. The van der Waals surface area contributed by atoms with Gasteiger partial charge in [0, 0.05) is 12.6 Å². The lowest BCUT2D eigenvalue weighted by molar-refractivity contribution is -0.123. The topological polar surface area (TPSA) is 66.5 Å². The Balaban J connectivity index is 1.95. The van der Waals surface area contributed by atoms with Crippen molar-refractivity contribution in [1.29, 1.82) is 0 Å². The Hall–Kier alpha value is -2.60. The number of hydrogen-bond acceptors (Lipinski definition) is 4. The Labute approximate surface area is 154 Å². The van der Waals surface area contributed by atoms with Gasteiger partial charge in [-0.3, -0.25) is 4.79 Å². The molecule has 0 aromatic heterocycles. The SMILES string of the molecule is CC(C)N1C(=O)C(NCCc2ccccc2)=C(c2ccccc2)S1(=O)=O. The van der Waals surface area contributed by atoms with Crippen molar-refractivity contribution in [2.45, 2.75) is 26.3 Å². The summed E-state index contributed by atoms with van der Waals surface area (Å²) in [5.74, 6) is -0.494. The number of carbonyl (C=O) groups excluding carboxylic acids is 1. The molecule has 1 amide bonds. The molecule has 0 atom stereocenters. The van der Waals surface area contributed by atoms with E-state index in [1.165, 1.54) is 0 Å². The minimum atomic E-state index is -3.87. The van der Waals surface area contributed by atoms with Crippen molar-refractivity contribution >= 4 is 20.8 Å². The lowest BCUT2D eigenvalue weighted by Gasteiger charge is -2.20. The zero-order valence-electron chi connectivity index (χ0n) is 14.8. The molecule has 1 heterocycles. The van der Waals surface area contributed by atoms with Crippen LogP contribution in [0.2, 0.25) is 0 Å². The summed E-state index contributed by atoms with van der Waals surface area (Å²) in [4.78, 5) is 12.9. The third kappa shape index (κ3) is 3.37. The molecule has 2 aromatic carbocycles. The summed E-state index contributed by atoms with van der Waals surface area (Å²) in [7, 11) is -3.87. The number of nitrogens with zero attached hydrogens (tertiary/aromatic N) is 1. The highest BCUT2D eigenvalue weighted by molar-refractivity contribution is 7.99. The molecule has 0 aliphatic carbocycles. The van der Waals surface area contributed by atoms with Crippen molar-refractivity contribution in [2.75, 3.05) is 6.54 Å². The van der Waals surface area contributed by atoms with Crippen LogP contribution in [-0.4, -0.2) is 31.2 Å². The lowest BCUT2D eigenvalue weighted by Crippen LogP contribution is -2.38. The Bertz CT molecular complexity index is 920. The van der Waals surface area contributed by atoms with Crippen molar-refractivity contribution in [3.05, 3.63) is 77.5 Å². The summed E-state index contributed by atoms with van der Waals surface area (Å²) in [6.45, 7) is 3.87. The van der Waals surface area contributed by atoms with Gasteiger partial charge in [-0.05, 0) is 31.4 Å². The van der Waals surface area contributed by atoms with Crippen LogP contribution in [0.4, 0.5) is 0 Å². The molecule has 0 saturated heterocycles. The van der Waals surface area contributed by atoms with E-state index in [-0.39, 0.29) is 10.6 Å². The number of rotatable bonds is 6. The van der Waals surface area contributed by atoms with E-state index < -0.39 is 22.0 Å². The van der Waals surface area contributed by atoms with Crippen LogP contribution in [0.3, 0.4) is 0 Å². The molecule has 1 aliphatic heterocycles. The van der Waals surface area contributed by atoms with Gasteiger partial charge in [0.25, 0.3) is 15.9 Å². The molecule has 0 saturated carbocycles. The Kier molecular flexibility index (Phi) is 5.13. The lowest BCUT2D eigenvalue weighted by atomic mass is 10.1. The van der Waals surface area contributed by atoms with Crippen molar-refractivity contribution in [3.63, 3.8) is 0 Å². The summed E-state index contributed by atoms with van der Waals surface area (Å²) in [5, 5.41) is 3.08. The van der Waals surface area contributed by atoms with Crippen LogP contribution in [0.1, 0.15) is 25.0 Å². The molecule has 0 fully saturated rings. The zero-order chi connectivity index (χ0) is 18.7. The van der Waals surface area contributed by atoms with Gasteiger partial charge in [0.05, 0.1) is 0 Å². The summed E-state index contributed by atoms with van der Waals surface area (Å²) in [6.07, 6.45) is 0.696. The molecule has 0 radical (unpaired) electrons. The first-order valence-electron chi connectivity index (χ1n) is 8.59. The van der Waals surface area contributed by atoms with E-state index in [0.29, 0.717) is 18.5 Å². The normalized spacial score (nSPS) is 16.4. The second kappa shape index (κ2) is 7.33. The maximum atomic E-state index is 13.0. The van der Waals surface area contributed by atoms with E-state index in [4.69, 9.17) is 0 Å². The minimum absolute atomic E-state index is 0.0601. The molecule has 0 spiro atoms. The molecule has 6 heteroatoms. The summed E-state index contributed by atoms with van der Waals surface area (Å²) in [5.41, 5.74) is 1.79. The molecule has 2 aromatic rings. The summed E-state index contributed by atoms with van der Waals surface area (Å²) >= 11 is 0. The molecule has 3 rings (SSSR count). The average molecular weight is 370 g/mol. The Morgan fingerprint density at radius 1 is 0.962 bits per heavy atom. The minimum Gasteiger partial charge on any atom is -0.379 e. The summed E-state index contributed by atoms with van der Waals surface area (Å²) < 4.78 is 27.0. The predicted molar refractivity (Wildman–Crippen MR) is 102 cm³/mol. The molecule has 136 valence electrons. The first-order valence-corrected chi connectivity index (χ1v) is 10.0. The Morgan fingerprint density at radius 3 is 2.12 bits per heavy atom. The number of nitrogens with one attached hydrogen (secondary N) is 1. The van der Waals surface area contributed by atoms with Gasteiger partial charge >= 0.3 is 0 Å². The smallest absolute Gasteiger partial charge is 0.285 e. The average Bonchev–Trinajstić information content (AvgIpc) is 2.82. The number of sulfonamides is 1. The van der Waals surface area contributed by atoms with Crippen LogP contribution in [0, 0.1) is 0 Å². The molecule has 1 aliphatic rings. The third-order valence-electron chi connectivity index (χ3n) is 4.22. The van der Waals surface area contributed by atoms with Gasteiger partial charge in [0.1, 0.15) is 10.6 Å². The highest BCUT2D eigenvalue weighted by Crippen LogP contribution is 2.35. The number of hydrogen-bond donors (Lipinski definition) is 1. The van der Waals surface area contributed by atoms with Crippen LogP contribution in [0.5, 0.6) is 0 Å². The van der Waals surface area contributed by atoms with Gasteiger partial charge in [-0.2, -0.15) is 0 Å². The van der Waals surface area contributed by atoms with Gasteiger partial charge in [-0.1, -0.05) is 60.7 Å². The van der Waals surface area contributed by atoms with Crippen LogP contribution in [-0.2, 0) is 21.2 Å². The molecule has 0 bridgehead atoms. The number of amides is 1. The molecule has 26 heavy (non-hydrogen) atoms. The van der Waals surface area contributed by atoms with Crippen molar-refractivity contribution in [2.24, 2.45) is 0 Å². The molecular weight excluding hydrogens is 348 g/mol. The monoisotopic (exact) mass is 370 g/mol. The van der Waals surface area contributed by atoms with Gasteiger partial charge in [-0.15, -0.1) is 0 Å². The maximum absolute atomic E-state index is 13.0. The van der Waals surface area contributed by atoms with E-state index in [0.717, 1.165) is 9.87 Å². The zero-order valence-corrected chi connectivity index (χ0v) is 15.7. The third-order valence-corrected chi connectivity index (χ3v) is 6.28. The van der Waals surface area contributed by atoms with Gasteiger partial charge < -0.3 is 5.32 Å². The van der Waals surface area contributed by atoms with Crippen molar-refractivity contribution in [1.82, 2.24) is 9.62 Å². The highest BCUT2D eigenvalue weighted by atomic mass is 32.2. The van der Waals surface area contributed by atoms with Crippen LogP contribution >= 0.6 is 0 Å². The van der Waals surface area contributed by atoms with Gasteiger partial charge in [0.15, 0.2) is 0 Å². The molecule has 1 N–H and O–H groups in total. The second-order valence-electron chi connectivity index (χ2n) is 6.43. The fourth-order valence-corrected chi connectivity index (χ4v) is 4.98. The predicted octanol–water partition coefficient (Wildman–Crippen LogP) is 2.77. The van der Waals surface area contributed by atoms with Crippen molar-refractivity contribution < 1.29 is 13.2 Å². The fraction of sp³-hybridized carbons (Fsp3) is 0.250. The van der Waals surface area contributed by atoms with E-state index in [2.05, 4.69) is 5.32 Å². The van der Waals surface area contributed by atoms with E-state index >= 15 is 0 Å². The largest absolute Gasteiger partial charge is 0.379 e. The van der Waals surface area contributed by atoms with Gasteiger partial charge in [-0.25, -0.2) is 12.7 Å². The van der Waals surface area contributed by atoms with Crippen LogP contribution < -0.4 is 5.32 Å². The highest BCUT2D eigenvalue weighted by Gasteiger charge is 2.45. The number of benzene rings is 2. The summed E-state index contributed by atoms with van der Waals surface area (Å²) in [6, 6.07) is 18.2. The number of carbonyl (C=O) groups is 1. The van der Waals surface area contributed by atoms with Gasteiger partial charge in [0.2, 0.25) is 0 Å². The second-order valence-corrected chi connectivity index (χ2v) is 8.18. The maximum Gasteiger partial charge on any atom is 0.285 e. The first-order chi connectivity index (χ1) is 12.4. The molecule has 5 nitrogen and oxygen atoms in total. The first kappa shape index (κ1) is 18.2. The Morgan fingerprint density at radius 2 is 1.54 bits per heavy atom. The van der Waals surface area contributed by atoms with E-state index in [1.807, 2.05) is 36.4 Å². The van der Waals surface area contributed by atoms with E-state index in [9.17, 15) is 13.2 Å². The van der Waals surface area contributed by atoms with Crippen molar-refractivity contribution in [3.8, 4) is 0 Å². The van der Waals surface area contributed by atoms with Crippen LogP contribution in [0.15, 0.2) is 66.4 Å². The quantitative estimate of drug-likeness (QED) is 0.849. The molecular formula is C20H22N2O3S. The van der Waals surface area contributed by atoms with E-state index in [1.54, 1.807) is 38.1 Å². The molecule has 0 unspecified atom stereocenters.